The number of carbonyl (C=O) groups is 4. The average Bonchev–Trinajstić information content (AvgIpc) is 3.51. The molecule has 1 fully saturated rings. The van der Waals surface area contributed by atoms with Crippen molar-refractivity contribution in [3.05, 3.63) is 119 Å². The topological polar surface area (TPSA) is 109 Å². The zero-order valence-electron chi connectivity index (χ0n) is 23.3. The van der Waals surface area contributed by atoms with Crippen LogP contribution in [0.25, 0.3) is 6.08 Å². The van der Waals surface area contributed by atoms with Gasteiger partial charge in [-0.25, -0.2) is 4.90 Å². The second-order valence-corrected chi connectivity index (χ2v) is 11.2. The molecule has 4 aromatic rings. The van der Waals surface area contributed by atoms with Gasteiger partial charge >= 0.3 is 0 Å². The lowest BCUT2D eigenvalue weighted by Crippen LogP contribution is -2.31. The van der Waals surface area contributed by atoms with Gasteiger partial charge in [0.05, 0.1) is 10.9 Å². The van der Waals surface area contributed by atoms with E-state index >= 15 is 0 Å². The van der Waals surface area contributed by atoms with Crippen LogP contribution >= 0.6 is 11.8 Å². The fraction of sp³-hybridized carbons (Fsp3) is 0.152. The number of amides is 4. The highest BCUT2D eigenvalue weighted by molar-refractivity contribution is 8.00. The number of carbonyl (C=O) groups excluding carboxylic acids is 4. The third-order valence-electron chi connectivity index (χ3n) is 6.80. The number of hydrogen-bond donors (Lipinski definition) is 2. The molecule has 5 rings (SSSR count). The summed E-state index contributed by atoms with van der Waals surface area (Å²) in [6.45, 7) is 5.71. The lowest BCUT2D eigenvalue weighted by Gasteiger charge is -2.16. The normalized spacial score (nSPS) is 15.2. The van der Waals surface area contributed by atoms with Crippen LogP contribution in [0, 0.1) is 20.8 Å². The molecule has 8 nitrogen and oxygen atoms in total. The van der Waals surface area contributed by atoms with Gasteiger partial charge in [-0.2, -0.15) is 0 Å². The van der Waals surface area contributed by atoms with Crippen molar-refractivity contribution in [3.8, 4) is 0 Å². The molecule has 0 saturated carbocycles. The second kappa shape index (κ2) is 12.3. The molecular weight excluding hydrogens is 550 g/mol. The van der Waals surface area contributed by atoms with E-state index in [4.69, 9.17) is 4.42 Å². The quantitative estimate of drug-likeness (QED) is 0.195. The van der Waals surface area contributed by atoms with Gasteiger partial charge in [0.15, 0.2) is 0 Å². The zero-order chi connectivity index (χ0) is 29.8. The number of furan rings is 1. The average molecular weight is 580 g/mol. The van der Waals surface area contributed by atoms with Crippen LogP contribution in [0.4, 0.5) is 11.4 Å². The molecule has 0 bridgehead atoms. The van der Waals surface area contributed by atoms with Crippen molar-refractivity contribution in [2.75, 3.05) is 10.2 Å². The van der Waals surface area contributed by atoms with E-state index < -0.39 is 17.1 Å². The maximum absolute atomic E-state index is 13.3. The lowest BCUT2D eigenvalue weighted by atomic mass is 10.1. The largest absolute Gasteiger partial charge is 0.462 e. The Bertz CT molecular complexity index is 1710. The van der Waals surface area contributed by atoms with Crippen molar-refractivity contribution in [1.82, 2.24) is 5.32 Å². The van der Waals surface area contributed by atoms with Crippen molar-refractivity contribution in [2.24, 2.45) is 0 Å². The van der Waals surface area contributed by atoms with E-state index in [2.05, 4.69) is 10.6 Å². The van der Waals surface area contributed by atoms with E-state index in [-0.39, 0.29) is 23.9 Å². The summed E-state index contributed by atoms with van der Waals surface area (Å²) < 4.78 is 5.59. The summed E-state index contributed by atoms with van der Waals surface area (Å²) >= 11 is 1.27. The third-order valence-corrected chi connectivity index (χ3v) is 7.98. The molecule has 4 amide bonds. The highest BCUT2D eigenvalue weighted by Gasteiger charge is 2.40. The van der Waals surface area contributed by atoms with Crippen LogP contribution in [-0.2, 0) is 14.4 Å². The van der Waals surface area contributed by atoms with Gasteiger partial charge in [-0.1, -0.05) is 30.3 Å². The van der Waals surface area contributed by atoms with Crippen LogP contribution in [0.5, 0.6) is 0 Å². The molecule has 0 aliphatic carbocycles. The first kappa shape index (κ1) is 28.6. The summed E-state index contributed by atoms with van der Waals surface area (Å²) in [6, 6.07) is 24.6. The second-order valence-electron chi connectivity index (χ2n) is 9.96. The molecule has 1 atom stereocenters. The number of nitrogens with zero attached hydrogens (tertiary/aromatic N) is 1. The molecule has 1 saturated heterocycles. The Kier molecular flexibility index (Phi) is 8.40. The number of anilines is 2. The van der Waals surface area contributed by atoms with Gasteiger partial charge in [-0.05, 0) is 86.5 Å². The molecule has 1 aliphatic rings. The molecule has 9 heteroatoms. The summed E-state index contributed by atoms with van der Waals surface area (Å²) in [5.41, 5.74) is 3.51. The fourth-order valence-corrected chi connectivity index (χ4v) is 5.57. The highest BCUT2D eigenvalue weighted by Crippen LogP contribution is 2.35. The first-order valence-electron chi connectivity index (χ1n) is 13.3. The number of imide groups is 1. The Hall–Kier alpha value is -4.89. The van der Waals surface area contributed by atoms with E-state index in [1.54, 1.807) is 73.7 Å². The third kappa shape index (κ3) is 6.53. The maximum atomic E-state index is 13.3. The number of thioether (sulfide) groups is 1. The summed E-state index contributed by atoms with van der Waals surface area (Å²) in [4.78, 5) is 54.2. The van der Waals surface area contributed by atoms with Crippen molar-refractivity contribution < 1.29 is 23.6 Å². The standard InChI is InChI=1S/C33H29N3O5S/c1-20-12-14-25(16-21(20)2)36-30(37)19-29(33(36)40)42-27-11-7-10-24(17-27)34-32(39)28(18-26-15-13-22(3)41-26)35-31(38)23-8-5-4-6-9-23/h4-18,29H,19H2,1-3H3,(H,34,39)(H,35,38)/b28-18-. The van der Waals surface area contributed by atoms with E-state index in [9.17, 15) is 19.2 Å². The van der Waals surface area contributed by atoms with Crippen molar-refractivity contribution in [3.63, 3.8) is 0 Å². The summed E-state index contributed by atoms with van der Waals surface area (Å²) in [7, 11) is 0. The predicted octanol–water partition coefficient (Wildman–Crippen LogP) is 6.04. The van der Waals surface area contributed by atoms with Crippen LogP contribution in [0.1, 0.15) is 39.4 Å². The van der Waals surface area contributed by atoms with Gasteiger partial charge in [-0.3, -0.25) is 19.2 Å². The lowest BCUT2D eigenvalue weighted by molar-refractivity contribution is -0.121. The van der Waals surface area contributed by atoms with Crippen LogP contribution < -0.4 is 15.5 Å². The van der Waals surface area contributed by atoms with Crippen molar-refractivity contribution in [1.29, 1.82) is 0 Å². The SMILES string of the molecule is Cc1ccc(/C=C(\NC(=O)c2ccccc2)C(=O)Nc2cccc(SC3CC(=O)N(c4ccc(C)c(C)c4)C3=O)c2)o1. The van der Waals surface area contributed by atoms with Crippen LogP contribution in [-0.4, -0.2) is 28.9 Å². The van der Waals surface area contributed by atoms with Crippen molar-refractivity contribution >= 4 is 52.8 Å². The van der Waals surface area contributed by atoms with Gasteiger partial charge in [-0.15, -0.1) is 11.8 Å². The van der Waals surface area contributed by atoms with Gasteiger partial charge in [0.1, 0.15) is 17.2 Å². The van der Waals surface area contributed by atoms with Gasteiger partial charge < -0.3 is 15.1 Å². The van der Waals surface area contributed by atoms with E-state index in [1.165, 1.54) is 22.7 Å². The molecule has 2 N–H and O–H groups in total. The van der Waals surface area contributed by atoms with Crippen LogP contribution in [0.2, 0.25) is 0 Å². The van der Waals surface area contributed by atoms with E-state index in [1.807, 2.05) is 32.0 Å². The first-order valence-corrected chi connectivity index (χ1v) is 14.2. The minimum Gasteiger partial charge on any atom is -0.462 e. The summed E-state index contributed by atoms with van der Waals surface area (Å²) in [5.74, 6) is -0.442. The first-order chi connectivity index (χ1) is 20.2. The Labute approximate surface area is 247 Å². The maximum Gasteiger partial charge on any atom is 0.272 e. The summed E-state index contributed by atoms with van der Waals surface area (Å²) in [6.07, 6.45) is 1.54. The number of aryl methyl sites for hydroxylation is 3. The Morgan fingerprint density at radius 3 is 2.40 bits per heavy atom. The Morgan fingerprint density at radius 2 is 1.69 bits per heavy atom. The summed E-state index contributed by atoms with van der Waals surface area (Å²) in [5, 5.41) is 4.91. The van der Waals surface area contributed by atoms with E-state index in [0.717, 1.165) is 11.1 Å². The number of nitrogens with one attached hydrogen (secondary N) is 2. The predicted molar refractivity (Wildman–Crippen MR) is 163 cm³/mol. The molecule has 1 unspecified atom stereocenters. The minimum atomic E-state index is -0.590. The number of rotatable bonds is 8. The molecule has 3 aromatic carbocycles. The van der Waals surface area contributed by atoms with Crippen LogP contribution in [0.15, 0.2) is 99.9 Å². The minimum absolute atomic E-state index is 0.00291. The number of hydrogen-bond acceptors (Lipinski definition) is 6. The highest BCUT2D eigenvalue weighted by atomic mass is 32.2. The molecule has 212 valence electrons. The molecule has 0 radical (unpaired) electrons. The Balaban J connectivity index is 1.31. The monoisotopic (exact) mass is 579 g/mol. The number of benzene rings is 3. The van der Waals surface area contributed by atoms with E-state index in [0.29, 0.717) is 33.4 Å². The molecule has 1 aromatic heterocycles. The molecular formula is C33H29N3O5S. The van der Waals surface area contributed by atoms with Gasteiger partial charge in [0, 0.05) is 28.6 Å². The molecule has 0 spiro atoms. The van der Waals surface area contributed by atoms with Gasteiger partial charge in [0.25, 0.3) is 11.8 Å². The van der Waals surface area contributed by atoms with Gasteiger partial charge in [0.2, 0.25) is 11.8 Å². The zero-order valence-corrected chi connectivity index (χ0v) is 24.2. The molecule has 2 heterocycles. The smallest absolute Gasteiger partial charge is 0.272 e. The Morgan fingerprint density at radius 1 is 0.905 bits per heavy atom. The van der Waals surface area contributed by atoms with Crippen LogP contribution in [0.3, 0.4) is 0 Å². The molecule has 1 aliphatic heterocycles. The van der Waals surface area contributed by atoms with Crippen molar-refractivity contribution in [2.45, 2.75) is 37.3 Å². The fourth-order valence-electron chi connectivity index (χ4n) is 4.46. The molecule has 42 heavy (non-hydrogen) atoms.